The zero-order valence-electron chi connectivity index (χ0n) is 11.3. The summed E-state index contributed by atoms with van der Waals surface area (Å²) in [6.07, 6.45) is 1.79. The maximum Gasteiger partial charge on any atom is 0.311 e. The first-order valence-corrected chi connectivity index (χ1v) is 7.98. The first-order valence-electron chi connectivity index (χ1n) is 6.50. The van der Waals surface area contributed by atoms with Crippen LogP contribution in [0, 0.1) is 10.1 Å². The summed E-state index contributed by atoms with van der Waals surface area (Å²) in [5, 5.41) is 14.3. The molecular weight excluding hydrogens is 280 g/mol. The minimum Gasteiger partial charge on any atom is -0.490 e. The highest BCUT2D eigenvalue weighted by atomic mass is 32.2. The number of ether oxygens (including phenoxy) is 1. The number of nitro groups is 1. The summed E-state index contributed by atoms with van der Waals surface area (Å²) in [7, 11) is 0.750. The average molecular weight is 298 g/mol. The Balaban J connectivity index is 1.97. The van der Waals surface area contributed by atoms with Crippen LogP contribution < -0.4 is 10.1 Å². The largest absolute Gasteiger partial charge is 0.490 e. The standard InChI is InChI=1S/C13H18N2O4S/c1-19-13-3-2-10(8-12(13)15(16)17)9-14-11-4-6-20(18)7-5-11/h2-3,8,11,14H,4-7,9H2,1H3. The van der Waals surface area contributed by atoms with Crippen molar-refractivity contribution in [3.63, 3.8) is 0 Å². The van der Waals surface area contributed by atoms with E-state index in [1.165, 1.54) is 13.2 Å². The molecule has 1 aliphatic rings. The number of methoxy groups -OCH3 is 1. The van der Waals surface area contributed by atoms with Crippen molar-refractivity contribution in [1.29, 1.82) is 0 Å². The van der Waals surface area contributed by atoms with Gasteiger partial charge in [-0.15, -0.1) is 0 Å². The van der Waals surface area contributed by atoms with Gasteiger partial charge in [0.2, 0.25) is 0 Å². The van der Waals surface area contributed by atoms with Gasteiger partial charge >= 0.3 is 5.69 Å². The minimum atomic E-state index is -0.669. The van der Waals surface area contributed by atoms with E-state index < -0.39 is 15.7 Å². The van der Waals surface area contributed by atoms with Gasteiger partial charge in [0.25, 0.3) is 0 Å². The van der Waals surface area contributed by atoms with Crippen molar-refractivity contribution in [3.8, 4) is 5.75 Å². The monoisotopic (exact) mass is 298 g/mol. The van der Waals surface area contributed by atoms with Crippen LogP contribution in [-0.2, 0) is 17.3 Å². The predicted octanol–water partition coefficient (Wildman–Crippen LogP) is 1.60. The maximum absolute atomic E-state index is 11.3. The van der Waals surface area contributed by atoms with Crippen molar-refractivity contribution in [1.82, 2.24) is 5.32 Å². The first-order chi connectivity index (χ1) is 9.60. The molecule has 0 unspecified atom stereocenters. The van der Waals surface area contributed by atoms with Gasteiger partial charge in [0.15, 0.2) is 5.75 Å². The molecule has 0 radical (unpaired) electrons. The van der Waals surface area contributed by atoms with Gasteiger partial charge in [-0.3, -0.25) is 14.3 Å². The van der Waals surface area contributed by atoms with Gasteiger partial charge in [-0.25, -0.2) is 0 Å². The zero-order chi connectivity index (χ0) is 14.5. The number of nitrogens with one attached hydrogen (secondary N) is 1. The molecule has 0 atom stereocenters. The zero-order valence-corrected chi connectivity index (χ0v) is 12.1. The molecule has 0 aliphatic carbocycles. The van der Waals surface area contributed by atoms with Crippen molar-refractivity contribution in [2.45, 2.75) is 25.4 Å². The molecule has 1 aliphatic heterocycles. The molecule has 0 amide bonds. The van der Waals surface area contributed by atoms with E-state index in [9.17, 15) is 14.3 Å². The Morgan fingerprint density at radius 3 is 2.75 bits per heavy atom. The molecule has 1 saturated heterocycles. The number of benzene rings is 1. The van der Waals surface area contributed by atoms with Crippen molar-refractivity contribution in [3.05, 3.63) is 33.9 Å². The molecule has 0 bridgehead atoms. The summed E-state index contributed by atoms with van der Waals surface area (Å²) in [4.78, 5) is 10.5. The van der Waals surface area contributed by atoms with Crippen LogP contribution >= 0.6 is 0 Å². The van der Waals surface area contributed by atoms with Crippen molar-refractivity contribution in [2.75, 3.05) is 18.6 Å². The number of nitro benzene ring substituents is 1. The van der Waals surface area contributed by atoms with E-state index in [2.05, 4.69) is 5.32 Å². The van der Waals surface area contributed by atoms with E-state index >= 15 is 0 Å². The SMILES string of the molecule is COc1ccc(CNC2CCS(=O)CC2)cc1[N+](=O)[O-]. The lowest BCUT2D eigenvalue weighted by Gasteiger charge is -2.22. The molecular formula is C13H18N2O4S. The van der Waals surface area contributed by atoms with Gasteiger partial charge in [0, 0.05) is 41.0 Å². The van der Waals surface area contributed by atoms with Crippen molar-refractivity contribution >= 4 is 16.5 Å². The normalized spacial score (nSPS) is 22.4. The Bertz CT molecular complexity index is 511. The smallest absolute Gasteiger partial charge is 0.311 e. The lowest BCUT2D eigenvalue weighted by atomic mass is 10.1. The van der Waals surface area contributed by atoms with Crippen molar-refractivity contribution < 1.29 is 13.9 Å². The maximum atomic E-state index is 11.3. The van der Waals surface area contributed by atoms with Crippen molar-refractivity contribution in [2.24, 2.45) is 0 Å². The summed E-state index contributed by atoms with van der Waals surface area (Å²) >= 11 is 0. The number of nitrogens with zero attached hydrogens (tertiary/aromatic N) is 1. The third kappa shape index (κ3) is 3.77. The van der Waals surface area contributed by atoms with Gasteiger partial charge in [0.1, 0.15) is 0 Å². The molecule has 7 heteroatoms. The molecule has 1 N–H and O–H groups in total. The third-order valence-electron chi connectivity index (χ3n) is 3.42. The van der Waals surface area contributed by atoms with Crippen LogP contribution in [0.5, 0.6) is 5.75 Å². The highest BCUT2D eigenvalue weighted by Gasteiger charge is 2.18. The van der Waals surface area contributed by atoms with Gasteiger partial charge in [-0.1, -0.05) is 6.07 Å². The Morgan fingerprint density at radius 1 is 1.45 bits per heavy atom. The second-order valence-corrected chi connectivity index (χ2v) is 6.46. The molecule has 0 spiro atoms. The summed E-state index contributed by atoms with van der Waals surface area (Å²) < 4.78 is 16.2. The molecule has 0 saturated carbocycles. The second kappa shape index (κ2) is 6.81. The van der Waals surface area contributed by atoms with Crippen LogP contribution in [0.1, 0.15) is 18.4 Å². The minimum absolute atomic E-state index is 0.0171. The average Bonchev–Trinajstić information content (AvgIpc) is 2.46. The summed E-state index contributed by atoms with van der Waals surface area (Å²) in [5.41, 5.74) is 0.834. The molecule has 20 heavy (non-hydrogen) atoms. The molecule has 1 fully saturated rings. The highest BCUT2D eigenvalue weighted by Crippen LogP contribution is 2.27. The Kier molecular flexibility index (Phi) is 5.08. The van der Waals surface area contributed by atoms with Gasteiger partial charge in [-0.05, 0) is 24.5 Å². The number of hydrogen-bond donors (Lipinski definition) is 1. The van der Waals surface area contributed by atoms with Crippen LogP contribution in [0.2, 0.25) is 0 Å². The summed E-state index contributed by atoms with van der Waals surface area (Å²) in [6, 6.07) is 5.31. The third-order valence-corrected chi connectivity index (χ3v) is 4.80. The summed E-state index contributed by atoms with van der Waals surface area (Å²) in [5.74, 6) is 1.74. The fourth-order valence-electron chi connectivity index (χ4n) is 2.25. The molecule has 1 aromatic rings. The fraction of sp³-hybridized carbons (Fsp3) is 0.538. The van der Waals surface area contributed by atoms with E-state index in [1.807, 2.05) is 6.07 Å². The van der Waals surface area contributed by atoms with Crippen LogP contribution in [0.4, 0.5) is 5.69 Å². The number of rotatable bonds is 5. The molecule has 1 heterocycles. The van der Waals surface area contributed by atoms with Crippen LogP contribution in [-0.4, -0.2) is 33.8 Å². The van der Waals surface area contributed by atoms with Gasteiger partial charge in [-0.2, -0.15) is 0 Å². The van der Waals surface area contributed by atoms with E-state index in [4.69, 9.17) is 4.74 Å². The molecule has 6 nitrogen and oxygen atoms in total. The van der Waals surface area contributed by atoms with Crippen LogP contribution in [0.15, 0.2) is 18.2 Å². The highest BCUT2D eigenvalue weighted by molar-refractivity contribution is 7.85. The molecule has 2 rings (SSSR count). The second-order valence-electron chi connectivity index (χ2n) is 4.77. The predicted molar refractivity (Wildman–Crippen MR) is 77.4 cm³/mol. The lowest BCUT2D eigenvalue weighted by Crippen LogP contribution is -2.35. The molecule has 0 aromatic heterocycles. The van der Waals surface area contributed by atoms with Gasteiger partial charge < -0.3 is 10.1 Å². The first kappa shape index (κ1) is 14.9. The fourth-order valence-corrected chi connectivity index (χ4v) is 3.55. The summed E-state index contributed by atoms with van der Waals surface area (Å²) in [6.45, 7) is 0.572. The van der Waals surface area contributed by atoms with E-state index in [0.717, 1.165) is 29.9 Å². The van der Waals surface area contributed by atoms with E-state index in [-0.39, 0.29) is 11.4 Å². The molecule has 110 valence electrons. The van der Waals surface area contributed by atoms with Crippen LogP contribution in [0.3, 0.4) is 0 Å². The van der Waals surface area contributed by atoms with E-state index in [0.29, 0.717) is 12.6 Å². The van der Waals surface area contributed by atoms with E-state index in [1.54, 1.807) is 6.07 Å². The lowest BCUT2D eigenvalue weighted by molar-refractivity contribution is -0.385. The van der Waals surface area contributed by atoms with Crippen LogP contribution in [0.25, 0.3) is 0 Å². The number of hydrogen-bond acceptors (Lipinski definition) is 5. The quantitative estimate of drug-likeness (QED) is 0.659. The Morgan fingerprint density at radius 2 is 2.15 bits per heavy atom. The topological polar surface area (TPSA) is 81.5 Å². The Labute approximate surface area is 120 Å². The van der Waals surface area contributed by atoms with Gasteiger partial charge in [0.05, 0.1) is 12.0 Å². The Hall–Kier alpha value is -1.47. The molecule has 1 aromatic carbocycles.